The monoisotopic (exact) mass is 252 g/mol. The van der Waals surface area contributed by atoms with Crippen molar-refractivity contribution < 1.29 is 8.78 Å². The topological polar surface area (TPSA) is 24.1 Å². The maximum atomic E-state index is 13.8. The highest BCUT2D eigenvalue weighted by Gasteiger charge is 2.38. The van der Waals surface area contributed by atoms with E-state index in [2.05, 4.69) is 10.6 Å². The minimum Gasteiger partial charge on any atom is -0.379 e. The largest absolute Gasteiger partial charge is 0.379 e. The molecular weight excluding hydrogens is 234 g/mol. The number of benzene rings is 1. The smallest absolute Gasteiger partial charge is 0.146 e. The molecular formula is C14H18F2N2. The van der Waals surface area contributed by atoms with Crippen LogP contribution in [0.4, 0.5) is 14.5 Å². The van der Waals surface area contributed by atoms with E-state index in [9.17, 15) is 8.78 Å². The first-order valence-electron chi connectivity index (χ1n) is 6.63. The standard InChI is InChI=1S/C14H18F2N2/c1-8-12-10(15)4-5-11(16)14(12)18-13(8)9-3-2-6-17-7-9/h4-5,8-9,13,17-18H,2-3,6-7H2,1H3. The van der Waals surface area contributed by atoms with E-state index in [0.717, 1.165) is 25.9 Å². The zero-order valence-corrected chi connectivity index (χ0v) is 10.5. The molecule has 0 saturated carbocycles. The van der Waals surface area contributed by atoms with Crippen LogP contribution in [0.3, 0.4) is 0 Å². The molecule has 0 amide bonds. The Hall–Kier alpha value is -1.16. The second kappa shape index (κ2) is 4.50. The fourth-order valence-corrected chi connectivity index (χ4v) is 3.34. The highest BCUT2D eigenvalue weighted by atomic mass is 19.1. The van der Waals surface area contributed by atoms with Crippen molar-refractivity contribution in [2.24, 2.45) is 5.92 Å². The Morgan fingerprint density at radius 2 is 2.00 bits per heavy atom. The summed E-state index contributed by atoms with van der Waals surface area (Å²) in [4.78, 5) is 0. The molecule has 1 aromatic rings. The van der Waals surface area contributed by atoms with Gasteiger partial charge >= 0.3 is 0 Å². The SMILES string of the molecule is CC1c2c(F)ccc(F)c2NC1C1CCCNC1. The van der Waals surface area contributed by atoms with Crippen LogP contribution in [0.1, 0.15) is 31.2 Å². The first-order chi connectivity index (χ1) is 8.68. The zero-order valence-electron chi connectivity index (χ0n) is 10.5. The molecule has 0 aromatic heterocycles. The van der Waals surface area contributed by atoms with Crippen molar-refractivity contribution in [1.29, 1.82) is 0 Å². The lowest BCUT2D eigenvalue weighted by atomic mass is 9.84. The predicted octanol–water partition coefficient (Wildman–Crippen LogP) is 2.86. The summed E-state index contributed by atoms with van der Waals surface area (Å²) >= 11 is 0. The van der Waals surface area contributed by atoms with Crippen molar-refractivity contribution in [1.82, 2.24) is 5.32 Å². The fourth-order valence-electron chi connectivity index (χ4n) is 3.34. The van der Waals surface area contributed by atoms with E-state index in [1.165, 1.54) is 12.1 Å². The Balaban J connectivity index is 1.90. The van der Waals surface area contributed by atoms with E-state index < -0.39 is 0 Å². The van der Waals surface area contributed by atoms with Crippen LogP contribution in [0, 0.1) is 17.6 Å². The molecule has 3 unspecified atom stereocenters. The average molecular weight is 252 g/mol. The second-order valence-electron chi connectivity index (χ2n) is 5.38. The first-order valence-corrected chi connectivity index (χ1v) is 6.63. The molecule has 2 nitrogen and oxygen atoms in total. The van der Waals surface area contributed by atoms with Crippen LogP contribution in [-0.4, -0.2) is 19.1 Å². The van der Waals surface area contributed by atoms with Crippen molar-refractivity contribution in [3.05, 3.63) is 29.3 Å². The molecule has 0 spiro atoms. The van der Waals surface area contributed by atoms with E-state index in [1.807, 2.05) is 6.92 Å². The maximum absolute atomic E-state index is 13.8. The Kier molecular flexibility index (Phi) is 2.98. The molecule has 1 fully saturated rings. The third-order valence-corrected chi connectivity index (χ3v) is 4.29. The second-order valence-corrected chi connectivity index (χ2v) is 5.38. The molecule has 3 atom stereocenters. The first kappa shape index (κ1) is 11.9. The van der Waals surface area contributed by atoms with Crippen molar-refractivity contribution >= 4 is 5.69 Å². The predicted molar refractivity (Wildman–Crippen MR) is 67.8 cm³/mol. The third-order valence-electron chi connectivity index (χ3n) is 4.29. The molecule has 2 heterocycles. The summed E-state index contributed by atoms with van der Waals surface area (Å²) in [5, 5.41) is 6.57. The maximum Gasteiger partial charge on any atom is 0.146 e. The Morgan fingerprint density at radius 1 is 1.22 bits per heavy atom. The molecule has 18 heavy (non-hydrogen) atoms. The normalized spacial score (nSPS) is 30.9. The van der Waals surface area contributed by atoms with Gasteiger partial charge in [-0.2, -0.15) is 0 Å². The molecule has 0 bridgehead atoms. The molecule has 2 aliphatic rings. The molecule has 0 radical (unpaired) electrons. The summed E-state index contributed by atoms with van der Waals surface area (Å²) in [7, 11) is 0. The van der Waals surface area contributed by atoms with Gasteiger partial charge in [-0.1, -0.05) is 6.92 Å². The molecule has 3 rings (SSSR count). The summed E-state index contributed by atoms with van der Waals surface area (Å²) in [6.07, 6.45) is 2.25. The van der Waals surface area contributed by atoms with Gasteiger partial charge in [-0.25, -0.2) is 8.78 Å². The number of fused-ring (bicyclic) bond motifs is 1. The average Bonchev–Trinajstić information content (AvgIpc) is 2.74. The zero-order chi connectivity index (χ0) is 12.7. The summed E-state index contributed by atoms with van der Waals surface area (Å²) in [5.74, 6) is -0.164. The van der Waals surface area contributed by atoms with Gasteiger partial charge in [0, 0.05) is 17.5 Å². The Labute approximate surface area is 106 Å². The third kappa shape index (κ3) is 1.79. The quantitative estimate of drug-likeness (QED) is 0.803. The van der Waals surface area contributed by atoms with Crippen LogP contribution in [0.5, 0.6) is 0 Å². The molecule has 2 N–H and O–H groups in total. The van der Waals surface area contributed by atoms with Crippen molar-refractivity contribution in [2.45, 2.75) is 31.7 Å². The van der Waals surface area contributed by atoms with Gasteiger partial charge < -0.3 is 10.6 Å². The van der Waals surface area contributed by atoms with Crippen LogP contribution >= 0.6 is 0 Å². The van der Waals surface area contributed by atoms with Crippen LogP contribution in [0.2, 0.25) is 0 Å². The lowest BCUT2D eigenvalue weighted by Gasteiger charge is -2.31. The van der Waals surface area contributed by atoms with Gasteiger partial charge in [-0.3, -0.25) is 0 Å². The molecule has 0 aliphatic carbocycles. The molecule has 2 aliphatic heterocycles. The molecule has 1 aromatic carbocycles. The van der Waals surface area contributed by atoms with Crippen LogP contribution < -0.4 is 10.6 Å². The lowest BCUT2D eigenvalue weighted by molar-refractivity contribution is 0.319. The van der Waals surface area contributed by atoms with Gasteiger partial charge in [0.1, 0.15) is 11.6 Å². The Bertz CT molecular complexity index is 455. The lowest BCUT2D eigenvalue weighted by Crippen LogP contribution is -2.40. The van der Waals surface area contributed by atoms with Gasteiger partial charge in [0.15, 0.2) is 0 Å². The van der Waals surface area contributed by atoms with Gasteiger partial charge in [0.05, 0.1) is 5.69 Å². The number of anilines is 1. The van der Waals surface area contributed by atoms with E-state index in [1.54, 1.807) is 0 Å². The van der Waals surface area contributed by atoms with E-state index in [-0.39, 0.29) is 23.6 Å². The number of halogens is 2. The minimum absolute atomic E-state index is 0.0283. The summed E-state index contributed by atoms with van der Waals surface area (Å²) in [6.45, 7) is 3.97. The summed E-state index contributed by atoms with van der Waals surface area (Å²) < 4.78 is 27.6. The molecule has 4 heteroatoms. The van der Waals surface area contributed by atoms with E-state index >= 15 is 0 Å². The Morgan fingerprint density at radius 3 is 2.67 bits per heavy atom. The minimum atomic E-state index is -0.343. The number of piperidine rings is 1. The van der Waals surface area contributed by atoms with Gasteiger partial charge in [-0.05, 0) is 44.0 Å². The van der Waals surface area contributed by atoms with E-state index in [0.29, 0.717) is 17.2 Å². The van der Waals surface area contributed by atoms with Gasteiger partial charge in [-0.15, -0.1) is 0 Å². The van der Waals surface area contributed by atoms with E-state index in [4.69, 9.17) is 0 Å². The highest BCUT2D eigenvalue weighted by Crippen LogP contribution is 2.42. The molecule has 98 valence electrons. The molecule has 1 saturated heterocycles. The van der Waals surface area contributed by atoms with Crippen molar-refractivity contribution in [3.8, 4) is 0 Å². The van der Waals surface area contributed by atoms with Gasteiger partial charge in [0.25, 0.3) is 0 Å². The number of hydrogen-bond acceptors (Lipinski definition) is 2. The van der Waals surface area contributed by atoms with Crippen LogP contribution in [0.25, 0.3) is 0 Å². The van der Waals surface area contributed by atoms with Gasteiger partial charge in [0.2, 0.25) is 0 Å². The summed E-state index contributed by atoms with van der Waals surface area (Å²) in [6, 6.07) is 2.57. The van der Waals surface area contributed by atoms with Crippen LogP contribution in [0.15, 0.2) is 12.1 Å². The highest BCUT2D eigenvalue weighted by molar-refractivity contribution is 5.60. The summed E-state index contributed by atoms with van der Waals surface area (Å²) in [5.41, 5.74) is 0.892. The number of nitrogens with one attached hydrogen (secondary N) is 2. The van der Waals surface area contributed by atoms with Crippen molar-refractivity contribution in [2.75, 3.05) is 18.4 Å². The number of rotatable bonds is 1. The fraction of sp³-hybridized carbons (Fsp3) is 0.571. The number of hydrogen-bond donors (Lipinski definition) is 2. The van der Waals surface area contributed by atoms with Crippen molar-refractivity contribution in [3.63, 3.8) is 0 Å². The van der Waals surface area contributed by atoms with Crippen LogP contribution in [-0.2, 0) is 0 Å².